The van der Waals surface area contributed by atoms with Crippen molar-refractivity contribution in [1.82, 2.24) is 4.98 Å². The van der Waals surface area contributed by atoms with E-state index < -0.39 is 0 Å². The number of nitrogens with zero attached hydrogens (tertiary/aromatic N) is 1. The fourth-order valence-electron chi connectivity index (χ4n) is 1.89. The Balaban J connectivity index is 2.24. The van der Waals surface area contributed by atoms with Crippen LogP contribution in [0.2, 0.25) is 0 Å². The molecular weight excluding hydrogens is 300 g/mol. The lowest BCUT2D eigenvalue weighted by Crippen LogP contribution is -2.10. The molecule has 0 aliphatic heterocycles. The van der Waals surface area contributed by atoms with Crippen LogP contribution < -0.4 is 5.32 Å². The van der Waals surface area contributed by atoms with E-state index in [4.69, 9.17) is 0 Å². The minimum absolute atomic E-state index is 0.0747. The maximum atomic E-state index is 12.0. The second-order valence-electron chi connectivity index (χ2n) is 4.61. The molecule has 5 heteroatoms. The Morgan fingerprint density at radius 1 is 1.29 bits per heavy atom. The van der Waals surface area contributed by atoms with E-state index in [9.17, 15) is 4.79 Å². The van der Waals surface area contributed by atoms with Crippen LogP contribution in [0.3, 0.4) is 0 Å². The van der Waals surface area contributed by atoms with Gasteiger partial charge in [-0.3, -0.25) is 4.79 Å². The highest BCUT2D eigenvalue weighted by Crippen LogP contribution is 2.37. The number of carbonyl (C=O) groups is 1. The van der Waals surface area contributed by atoms with Crippen LogP contribution in [0.1, 0.15) is 33.1 Å². The number of aromatic nitrogens is 1. The van der Waals surface area contributed by atoms with Crippen molar-refractivity contribution < 1.29 is 4.79 Å². The van der Waals surface area contributed by atoms with Crippen LogP contribution in [0, 0.1) is 0 Å². The Morgan fingerprint density at radius 2 is 2.05 bits per heavy atom. The number of thioether (sulfide) groups is 1. The molecule has 0 saturated carbocycles. The quantitative estimate of drug-likeness (QED) is 0.726. The number of unbranched alkanes of at least 4 members (excludes halogenated alkanes) is 1. The fraction of sp³-hybridized carbons (Fsp3) is 0.375. The summed E-state index contributed by atoms with van der Waals surface area (Å²) in [7, 11) is 0. The van der Waals surface area contributed by atoms with Gasteiger partial charge in [0.15, 0.2) is 4.34 Å². The van der Waals surface area contributed by atoms with E-state index >= 15 is 0 Å². The topological polar surface area (TPSA) is 42.0 Å². The molecular formula is C16H20N2OS2. The largest absolute Gasteiger partial charge is 0.316 e. The number of carbonyl (C=O) groups excluding carboxylic acids is 1. The number of benzene rings is 1. The van der Waals surface area contributed by atoms with Gasteiger partial charge in [-0.05, 0) is 12.2 Å². The number of rotatable bonds is 7. The molecule has 112 valence electrons. The second-order valence-corrected chi connectivity index (χ2v) is 7.12. The number of nitrogens with one attached hydrogen (secondary N) is 1. The van der Waals surface area contributed by atoms with Crippen molar-refractivity contribution >= 4 is 34.0 Å². The number of thiazole rings is 1. The molecule has 21 heavy (non-hydrogen) atoms. The van der Waals surface area contributed by atoms with E-state index in [-0.39, 0.29) is 5.91 Å². The van der Waals surface area contributed by atoms with Gasteiger partial charge in [0.2, 0.25) is 5.91 Å². The summed E-state index contributed by atoms with van der Waals surface area (Å²) in [5.74, 6) is 1.05. The summed E-state index contributed by atoms with van der Waals surface area (Å²) in [6, 6.07) is 10.0. The first kappa shape index (κ1) is 16.0. The second kappa shape index (κ2) is 8.20. The predicted octanol–water partition coefficient (Wildman–Crippen LogP) is 5.05. The normalized spacial score (nSPS) is 10.6. The van der Waals surface area contributed by atoms with Crippen molar-refractivity contribution in [2.24, 2.45) is 0 Å². The van der Waals surface area contributed by atoms with Gasteiger partial charge in [-0.15, -0.1) is 0 Å². The highest BCUT2D eigenvalue weighted by atomic mass is 32.2. The Morgan fingerprint density at radius 3 is 2.71 bits per heavy atom. The van der Waals surface area contributed by atoms with Gasteiger partial charge in [-0.25, -0.2) is 4.98 Å². The average Bonchev–Trinajstić information content (AvgIpc) is 2.89. The van der Waals surface area contributed by atoms with Gasteiger partial charge in [-0.2, -0.15) is 0 Å². The molecule has 0 bridgehead atoms. The lowest BCUT2D eigenvalue weighted by molar-refractivity contribution is -0.116. The fourth-order valence-corrected chi connectivity index (χ4v) is 3.87. The molecule has 0 atom stereocenters. The van der Waals surface area contributed by atoms with Crippen LogP contribution in [0.4, 0.5) is 5.00 Å². The van der Waals surface area contributed by atoms with E-state index in [0.29, 0.717) is 6.42 Å². The molecule has 1 amide bonds. The molecule has 1 aromatic carbocycles. The smallest absolute Gasteiger partial charge is 0.225 e. The molecule has 1 N–H and O–H groups in total. The third-order valence-electron chi connectivity index (χ3n) is 2.93. The minimum atomic E-state index is 0.0747. The van der Waals surface area contributed by atoms with Crippen molar-refractivity contribution in [2.75, 3.05) is 11.1 Å². The van der Waals surface area contributed by atoms with Crippen molar-refractivity contribution in [3.05, 3.63) is 30.3 Å². The highest BCUT2D eigenvalue weighted by molar-refractivity contribution is 8.01. The molecule has 2 rings (SSSR count). The summed E-state index contributed by atoms with van der Waals surface area (Å²) in [4.78, 5) is 16.7. The summed E-state index contributed by atoms with van der Waals surface area (Å²) in [5.41, 5.74) is 1.92. The monoisotopic (exact) mass is 320 g/mol. The molecule has 3 nitrogen and oxygen atoms in total. The molecule has 2 aromatic rings. The Bertz CT molecular complexity index is 581. The SMILES string of the molecule is CCCCC(=O)Nc1sc(SCC)nc1-c1ccccc1. The third-order valence-corrected chi connectivity index (χ3v) is 4.93. The van der Waals surface area contributed by atoms with Crippen molar-refractivity contribution in [2.45, 2.75) is 37.4 Å². The summed E-state index contributed by atoms with van der Waals surface area (Å²) < 4.78 is 1.00. The van der Waals surface area contributed by atoms with E-state index in [1.165, 1.54) is 0 Å². The van der Waals surface area contributed by atoms with Crippen LogP contribution in [-0.4, -0.2) is 16.6 Å². The molecule has 0 spiro atoms. The van der Waals surface area contributed by atoms with E-state index in [2.05, 4.69) is 24.1 Å². The predicted molar refractivity (Wildman–Crippen MR) is 92.1 cm³/mol. The lowest BCUT2D eigenvalue weighted by atomic mass is 10.1. The van der Waals surface area contributed by atoms with Gasteiger partial charge in [0, 0.05) is 12.0 Å². The Kier molecular flexibility index (Phi) is 6.26. The van der Waals surface area contributed by atoms with Crippen molar-refractivity contribution in [3.63, 3.8) is 0 Å². The summed E-state index contributed by atoms with van der Waals surface area (Å²) in [5, 5.41) is 3.89. The number of anilines is 1. The first-order valence-corrected chi connectivity index (χ1v) is 9.03. The number of hydrogen-bond acceptors (Lipinski definition) is 4. The molecule has 0 radical (unpaired) electrons. The molecule has 0 saturated heterocycles. The molecule has 1 heterocycles. The van der Waals surface area contributed by atoms with Crippen LogP contribution >= 0.6 is 23.1 Å². The number of hydrogen-bond donors (Lipinski definition) is 1. The average molecular weight is 320 g/mol. The van der Waals surface area contributed by atoms with E-state index in [1.807, 2.05) is 30.3 Å². The van der Waals surface area contributed by atoms with Gasteiger partial charge in [0.05, 0.1) is 0 Å². The Labute approximate surface area is 134 Å². The van der Waals surface area contributed by atoms with Gasteiger partial charge >= 0.3 is 0 Å². The van der Waals surface area contributed by atoms with Crippen molar-refractivity contribution in [1.29, 1.82) is 0 Å². The first-order valence-electron chi connectivity index (χ1n) is 7.23. The van der Waals surface area contributed by atoms with E-state index in [0.717, 1.165) is 39.2 Å². The first-order chi connectivity index (χ1) is 10.2. The Hall–Kier alpha value is -1.33. The standard InChI is InChI=1S/C16H20N2OS2/c1-3-5-11-13(19)17-15-14(12-9-7-6-8-10-12)18-16(21-15)20-4-2/h6-10H,3-5,11H2,1-2H3,(H,17,19). The molecule has 1 aromatic heterocycles. The zero-order valence-corrected chi connectivity index (χ0v) is 14.0. The zero-order valence-electron chi connectivity index (χ0n) is 12.4. The molecule has 0 aliphatic rings. The van der Waals surface area contributed by atoms with Crippen LogP contribution in [-0.2, 0) is 4.79 Å². The summed E-state index contributed by atoms with van der Waals surface area (Å²) >= 11 is 3.27. The molecule has 0 aliphatic carbocycles. The maximum Gasteiger partial charge on any atom is 0.225 e. The van der Waals surface area contributed by atoms with Crippen LogP contribution in [0.15, 0.2) is 34.7 Å². The van der Waals surface area contributed by atoms with Gasteiger partial charge in [0.1, 0.15) is 10.7 Å². The van der Waals surface area contributed by atoms with Crippen LogP contribution in [0.25, 0.3) is 11.3 Å². The van der Waals surface area contributed by atoms with Crippen molar-refractivity contribution in [3.8, 4) is 11.3 Å². The lowest BCUT2D eigenvalue weighted by Gasteiger charge is -2.04. The molecule has 0 fully saturated rings. The van der Waals surface area contributed by atoms with Gasteiger partial charge < -0.3 is 5.32 Å². The zero-order chi connectivity index (χ0) is 15.1. The van der Waals surface area contributed by atoms with Gasteiger partial charge in [0.25, 0.3) is 0 Å². The van der Waals surface area contributed by atoms with Gasteiger partial charge in [-0.1, -0.05) is 73.7 Å². The maximum absolute atomic E-state index is 12.0. The summed E-state index contributed by atoms with van der Waals surface area (Å²) in [6.07, 6.45) is 2.51. The third kappa shape index (κ3) is 4.58. The van der Waals surface area contributed by atoms with E-state index in [1.54, 1.807) is 23.1 Å². The van der Waals surface area contributed by atoms with Crippen LogP contribution in [0.5, 0.6) is 0 Å². The highest BCUT2D eigenvalue weighted by Gasteiger charge is 2.15. The number of amides is 1. The summed E-state index contributed by atoms with van der Waals surface area (Å²) in [6.45, 7) is 4.19. The minimum Gasteiger partial charge on any atom is -0.316 e. The molecule has 0 unspecified atom stereocenters.